The van der Waals surface area contributed by atoms with Gasteiger partial charge in [0.05, 0.1) is 13.1 Å². The second-order valence-corrected chi connectivity index (χ2v) is 4.16. The van der Waals surface area contributed by atoms with Crippen LogP contribution in [0.1, 0.15) is 15.9 Å². The lowest BCUT2D eigenvalue weighted by Crippen LogP contribution is -2.23. The van der Waals surface area contributed by atoms with Crippen LogP contribution in [0.15, 0.2) is 29.3 Å². The molecule has 4 heteroatoms. The van der Waals surface area contributed by atoms with Gasteiger partial charge in [0.2, 0.25) is 0 Å². The molecule has 90 valence electrons. The topological polar surface area (TPSA) is 44.7 Å². The molecular formula is C13H17N3O. The summed E-state index contributed by atoms with van der Waals surface area (Å²) in [6, 6.07) is 7.65. The fourth-order valence-corrected chi connectivity index (χ4v) is 1.91. The van der Waals surface area contributed by atoms with Crippen molar-refractivity contribution in [2.45, 2.75) is 0 Å². The molecule has 0 saturated heterocycles. The van der Waals surface area contributed by atoms with Crippen molar-refractivity contribution in [3.05, 3.63) is 35.4 Å². The molecule has 4 nitrogen and oxygen atoms in total. The van der Waals surface area contributed by atoms with Crippen LogP contribution >= 0.6 is 0 Å². The zero-order chi connectivity index (χ0) is 12.3. The molecule has 0 saturated carbocycles. The highest BCUT2D eigenvalue weighted by Crippen LogP contribution is 2.11. The zero-order valence-corrected chi connectivity index (χ0v) is 10.2. The molecule has 0 atom stereocenters. The lowest BCUT2D eigenvalue weighted by molar-refractivity contribution is 0.0993. The third kappa shape index (κ3) is 2.53. The number of nitrogens with one attached hydrogen (secondary N) is 1. The molecule has 0 spiro atoms. The fraction of sp³-hybridized carbons (Fsp3) is 0.385. The van der Waals surface area contributed by atoms with Gasteiger partial charge in [0.15, 0.2) is 5.78 Å². The first-order valence-corrected chi connectivity index (χ1v) is 5.76. The van der Waals surface area contributed by atoms with Gasteiger partial charge in [0.1, 0.15) is 5.84 Å². The second kappa shape index (κ2) is 5.10. The van der Waals surface area contributed by atoms with E-state index in [1.807, 2.05) is 31.3 Å². The number of aliphatic imine (C=N–C) groups is 1. The zero-order valence-electron chi connectivity index (χ0n) is 10.2. The summed E-state index contributed by atoms with van der Waals surface area (Å²) in [6.45, 7) is 2.20. The Labute approximate surface area is 101 Å². The molecule has 0 bridgehead atoms. The Bertz CT molecular complexity index is 436. The van der Waals surface area contributed by atoms with E-state index in [2.05, 4.69) is 15.2 Å². The molecule has 1 aromatic carbocycles. The molecule has 0 aliphatic carbocycles. The molecular weight excluding hydrogens is 214 g/mol. The summed E-state index contributed by atoms with van der Waals surface area (Å²) >= 11 is 0. The van der Waals surface area contributed by atoms with Crippen molar-refractivity contribution in [1.29, 1.82) is 0 Å². The lowest BCUT2D eigenvalue weighted by Gasteiger charge is -2.13. The molecule has 0 radical (unpaired) electrons. The summed E-state index contributed by atoms with van der Waals surface area (Å²) in [5.41, 5.74) is 1.82. The predicted octanol–water partition coefficient (Wildman–Crippen LogP) is 0.781. The number of rotatable bonds is 4. The highest BCUT2D eigenvalue weighted by atomic mass is 16.1. The Morgan fingerprint density at radius 3 is 2.65 bits per heavy atom. The summed E-state index contributed by atoms with van der Waals surface area (Å²) in [5.74, 6) is 1.12. The van der Waals surface area contributed by atoms with E-state index in [9.17, 15) is 4.79 Å². The Morgan fingerprint density at radius 1 is 1.41 bits per heavy atom. The number of hydrogen-bond donors (Lipinski definition) is 1. The highest BCUT2D eigenvalue weighted by Gasteiger charge is 2.14. The van der Waals surface area contributed by atoms with E-state index in [4.69, 9.17) is 0 Å². The van der Waals surface area contributed by atoms with Gasteiger partial charge < -0.3 is 10.2 Å². The third-order valence-electron chi connectivity index (χ3n) is 2.86. The summed E-state index contributed by atoms with van der Waals surface area (Å²) in [6.07, 6.45) is 0. The smallest absolute Gasteiger partial charge is 0.176 e. The second-order valence-electron chi connectivity index (χ2n) is 4.16. The first kappa shape index (κ1) is 11.8. The van der Waals surface area contributed by atoms with Crippen LogP contribution in [-0.2, 0) is 0 Å². The Kier molecular flexibility index (Phi) is 3.54. The van der Waals surface area contributed by atoms with Crippen LogP contribution < -0.4 is 5.32 Å². The van der Waals surface area contributed by atoms with Gasteiger partial charge in [-0.05, 0) is 7.05 Å². The molecule has 17 heavy (non-hydrogen) atoms. The van der Waals surface area contributed by atoms with Crippen LogP contribution in [0, 0.1) is 0 Å². The number of hydrogen-bond acceptors (Lipinski definition) is 4. The summed E-state index contributed by atoms with van der Waals surface area (Å²) in [7, 11) is 3.81. The number of Topliss-reactive ketones (excluding diaryl/α,β-unsaturated/α-hetero) is 1. The third-order valence-corrected chi connectivity index (χ3v) is 2.86. The van der Waals surface area contributed by atoms with Gasteiger partial charge in [-0.15, -0.1) is 0 Å². The molecule has 1 aliphatic heterocycles. The van der Waals surface area contributed by atoms with E-state index in [0.717, 1.165) is 30.1 Å². The lowest BCUT2D eigenvalue weighted by atomic mass is 10.1. The maximum Gasteiger partial charge on any atom is 0.176 e. The van der Waals surface area contributed by atoms with Gasteiger partial charge in [-0.2, -0.15) is 0 Å². The molecule has 1 aromatic rings. The Balaban J connectivity index is 2.16. The summed E-state index contributed by atoms with van der Waals surface area (Å²) in [5, 5.41) is 2.86. The van der Waals surface area contributed by atoms with Crippen LogP contribution in [0.5, 0.6) is 0 Å². The van der Waals surface area contributed by atoms with Gasteiger partial charge in [0, 0.05) is 24.7 Å². The summed E-state index contributed by atoms with van der Waals surface area (Å²) < 4.78 is 0. The van der Waals surface area contributed by atoms with E-state index in [0.29, 0.717) is 6.54 Å². The van der Waals surface area contributed by atoms with Crippen molar-refractivity contribution in [1.82, 2.24) is 10.2 Å². The minimum Gasteiger partial charge on any atom is -0.358 e. The van der Waals surface area contributed by atoms with Crippen LogP contribution in [0.3, 0.4) is 0 Å². The van der Waals surface area contributed by atoms with Crippen LogP contribution in [0.4, 0.5) is 0 Å². The van der Waals surface area contributed by atoms with Crippen molar-refractivity contribution < 1.29 is 4.79 Å². The molecule has 0 fully saturated rings. The molecule has 1 aliphatic rings. The number of benzene rings is 1. The minimum atomic E-state index is 0.112. The van der Waals surface area contributed by atoms with E-state index in [-0.39, 0.29) is 5.78 Å². The van der Waals surface area contributed by atoms with Crippen LogP contribution in [0.25, 0.3) is 0 Å². The maximum absolute atomic E-state index is 11.6. The Hall–Kier alpha value is -1.68. The predicted molar refractivity (Wildman–Crippen MR) is 68.7 cm³/mol. The van der Waals surface area contributed by atoms with E-state index < -0.39 is 0 Å². The van der Waals surface area contributed by atoms with Gasteiger partial charge in [-0.1, -0.05) is 24.3 Å². The molecule has 0 amide bonds. The summed E-state index contributed by atoms with van der Waals surface area (Å²) in [4.78, 5) is 18.2. The molecule has 0 unspecified atom stereocenters. The van der Waals surface area contributed by atoms with Crippen LogP contribution in [0.2, 0.25) is 0 Å². The average molecular weight is 231 g/mol. The van der Waals surface area contributed by atoms with E-state index in [1.54, 1.807) is 7.05 Å². The van der Waals surface area contributed by atoms with Gasteiger partial charge in [-0.25, -0.2) is 0 Å². The number of carbonyl (C=O) groups is 1. The standard InChI is InChI=1S/C13H17N3O/c1-14-9-12(17)10-3-5-11(6-4-10)13-15-7-8-16(13)2/h3-6,14H,7-9H2,1-2H3. The number of likely N-dealkylation sites (N-methyl/N-ethyl adjacent to an activating group) is 2. The number of carbonyl (C=O) groups excluding carboxylic acids is 1. The van der Waals surface area contributed by atoms with E-state index in [1.165, 1.54) is 0 Å². The minimum absolute atomic E-state index is 0.112. The number of nitrogens with zero attached hydrogens (tertiary/aromatic N) is 2. The molecule has 2 rings (SSSR count). The quantitative estimate of drug-likeness (QED) is 0.779. The maximum atomic E-state index is 11.6. The van der Waals surface area contributed by atoms with Crippen molar-refractivity contribution in [3.63, 3.8) is 0 Å². The first-order chi connectivity index (χ1) is 8.22. The monoisotopic (exact) mass is 231 g/mol. The number of ketones is 1. The van der Waals surface area contributed by atoms with Gasteiger partial charge in [0.25, 0.3) is 0 Å². The molecule has 0 aromatic heterocycles. The van der Waals surface area contributed by atoms with Gasteiger partial charge >= 0.3 is 0 Å². The highest BCUT2D eigenvalue weighted by molar-refractivity contribution is 6.02. The molecule has 1 N–H and O–H groups in total. The van der Waals surface area contributed by atoms with Crippen molar-refractivity contribution in [3.8, 4) is 0 Å². The fourth-order valence-electron chi connectivity index (χ4n) is 1.91. The van der Waals surface area contributed by atoms with Crippen molar-refractivity contribution >= 4 is 11.6 Å². The average Bonchev–Trinajstić information content (AvgIpc) is 2.76. The largest absolute Gasteiger partial charge is 0.358 e. The van der Waals surface area contributed by atoms with Crippen molar-refractivity contribution in [2.75, 3.05) is 33.7 Å². The normalized spacial score (nSPS) is 14.9. The van der Waals surface area contributed by atoms with Crippen LogP contribution in [-0.4, -0.2) is 50.2 Å². The van der Waals surface area contributed by atoms with Gasteiger partial charge in [-0.3, -0.25) is 9.79 Å². The molecule has 1 heterocycles. The SMILES string of the molecule is CNCC(=O)c1ccc(C2=NCCN2C)cc1. The van der Waals surface area contributed by atoms with Crippen molar-refractivity contribution in [2.24, 2.45) is 4.99 Å². The first-order valence-electron chi connectivity index (χ1n) is 5.76. The Morgan fingerprint density at radius 2 is 2.12 bits per heavy atom. The number of amidine groups is 1. The van der Waals surface area contributed by atoms with E-state index >= 15 is 0 Å².